The van der Waals surface area contributed by atoms with Gasteiger partial charge >= 0.3 is 5.69 Å². The standard InChI is InChI=1S/C14H23F2N3O/c15-12(16)9-7-5-3-1-2-4-6-8-11-10-18-14(20)19-13(11)17/h10,12H,1-9H2,(H3,17,18,19,20). The monoisotopic (exact) mass is 287 g/mol. The molecule has 1 heterocycles. The van der Waals surface area contributed by atoms with Gasteiger partial charge in [-0.25, -0.2) is 18.6 Å². The molecule has 0 saturated carbocycles. The van der Waals surface area contributed by atoms with Gasteiger partial charge in [0, 0.05) is 18.2 Å². The van der Waals surface area contributed by atoms with E-state index in [1.54, 1.807) is 0 Å². The molecule has 1 rings (SSSR count). The molecule has 0 aromatic carbocycles. The molecular weight excluding hydrogens is 264 g/mol. The number of unbranched alkanes of at least 4 members (excludes halogenated alkanes) is 6. The fourth-order valence-electron chi connectivity index (χ4n) is 2.13. The summed E-state index contributed by atoms with van der Waals surface area (Å²) in [7, 11) is 0. The Morgan fingerprint density at radius 2 is 1.70 bits per heavy atom. The number of alkyl halides is 2. The highest BCUT2D eigenvalue weighted by Gasteiger charge is 2.02. The molecule has 0 amide bonds. The van der Waals surface area contributed by atoms with E-state index >= 15 is 0 Å². The lowest BCUT2D eigenvalue weighted by molar-refractivity contribution is 0.133. The van der Waals surface area contributed by atoms with Crippen LogP contribution in [0.2, 0.25) is 0 Å². The van der Waals surface area contributed by atoms with Gasteiger partial charge in [0.1, 0.15) is 5.82 Å². The van der Waals surface area contributed by atoms with E-state index in [4.69, 9.17) is 5.73 Å². The van der Waals surface area contributed by atoms with Gasteiger partial charge in [0.15, 0.2) is 0 Å². The zero-order valence-electron chi connectivity index (χ0n) is 11.7. The highest BCUT2D eigenvalue weighted by Crippen LogP contribution is 2.13. The second-order valence-corrected chi connectivity index (χ2v) is 5.03. The maximum Gasteiger partial charge on any atom is 0.346 e. The smallest absolute Gasteiger partial charge is 0.346 e. The highest BCUT2D eigenvalue weighted by atomic mass is 19.3. The molecule has 3 N–H and O–H groups in total. The van der Waals surface area contributed by atoms with Crippen molar-refractivity contribution in [1.29, 1.82) is 0 Å². The van der Waals surface area contributed by atoms with Gasteiger partial charge in [-0.15, -0.1) is 0 Å². The minimum absolute atomic E-state index is 0.0263. The number of nitrogens with two attached hydrogens (primary N) is 1. The topological polar surface area (TPSA) is 71.8 Å². The van der Waals surface area contributed by atoms with E-state index in [0.717, 1.165) is 50.5 Å². The molecule has 4 nitrogen and oxygen atoms in total. The second kappa shape index (κ2) is 9.44. The molecule has 0 unspecified atom stereocenters. The fraction of sp³-hybridized carbons (Fsp3) is 0.714. The molecule has 20 heavy (non-hydrogen) atoms. The van der Waals surface area contributed by atoms with Crippen molar-refractivity contribution >= 4 is 5.82 Å². The molecule has 6 heteroatoms. The Morgan fingerprint density at radius 1 is 1.10 bits per heavy atom. The van der Waals surface area contributed by atoms with Crippen LogP contribution in [0.25, 0.3) is 0 Å². The maximum atomic E-state index is 11.9. The normalized spacial score (nSPS) is 11.2. The van der Waals surface area contributed by atoms with Gasteiger partial charge in [0.2, 0.25) is 6.43 Å². The largest absolute Gasteiger partial charge is 0.385 e. The molecular formula is C14H23F2N3O. The van der Waals surface area contributed by atoms with Crippen LogP contribution in [0.15, 0.2) is 11.0 Å². The van der Waals surface area contributed by atoms with Crippen molar-refractivity contribution in [2.24, 2.45) is 0 Å². The summed E-state index contributed by atoms with van der Waals surface area (Å²) in [6.07, 6.45) is 6.99. The predicted octanol–water partition coefficient (Wildman–Crippen LogP) is 3.28. The van der Waals surface area contributed by atoms with Crippen LogP contribution < -0.4 is 11.4 Å². The first kappa shape index (κ1) is 16.6. The number of nitrogens with one attached hydrogen (secondary N) is 1. The van der Waals surface area contributed by atoms with E-state index in [-0.39, 0.29) is 6.42 Å². The maximum absolute atomic E-state index is 11.9. The summed E-state index contributed by atoms with van der Waals surface area (Å²) in [5.74, 6) is 0.400. The third-order valence-corrected chi connectivity index (χ3v) is 3.29. The van der Waals surface area contributed by atoms with E-state index in [0.29, 0.717) is 12.2 Å². The summed E-state index contributed by atoms with van der Waals surface area (Å²) >= 11 is 0. The predicted molar refractivity (Wildman–Crippen MR) is 75.9 cm³/mol. The molecule has 0 radical (unpaired) electrons. The minimum atomic E-state index is -2.16. The van der Waals surface area contributed by atoms with Crippen LogP contribution >= 0.6 is 0 Å². The van der Waals surface area contributed by atoms with Crippen molar-refractivity contribution in [2.75, 3.05) is 5.73 Å². The number of anilines is 1. The Labute approximate surface area is 117 Å². The Kier molecular flexibility index (Phi) is 7.84. The highest BCUT2D eigenvalue weighted by molar-refractivity contribution is 5.36. The molecule has 0 aliphatic heterocycles. The summed E-state index contributed by atoms with van der Waals surface area (Å²) in [6, 6.07) is 0. The number of H-pyrrole nitrogens is 1. The summed E-state index contributed by atoms with van der Waals surface area (Å²) in [5.41, 5.74) is 6.14. The zero-order valence-corrected chi connectivity index (χ0v) is 11.7. The molecule has 0 atom stereocenters. The number of rotatable bonds is 10. The molecule has 0 spiro atoms. The van der Waals surface area contributed by atoms with Gasteiger partial charge in [-0.1, -0.05) is 32.1 Å². The lowest BCUT2D eigenvalue weighted by atomic mass is 10.1. The van der Waals surface area contributed by atoms with E-state index in [2.05, 4.69) is 9.97 Å². The first-order valence-electron chi connectivity index (χ1n) is 7.21. The molecule has 1 aromatic rings. The van der Waals surface area contributed by atoms with Gasteiger partial charge in [-0.3, -0.25) is 4.98 Å². The Bertz CT molecular complexity index is 435. The van der Waals surface area contributed by atoms with Gasteiger partial charge in [-0.2, -0.15) is 0 Å². The third-order valence-electron chi connectivity index (χ3n) is 3.29. The van der Waals surface area contributed by atoms with Gasteiger partial charge in [0.25, 0.3) is 0 Å². The fourth-order valence-corrected chi connectivity index (χ4v) is 2.13. The average molecular weight is 287 g/mol. The van der Waals surface area contributed by atoms with Crippen molar-refractivity contribution < 1.29 is 8.78 Å². The van der Waals surface area contributed by atoms with Crippen LogP contribution in [-0.4, -0.2) is 16.4 Å². The molecule has 0 saturated heterocycles. The van der Waals surface area contributed by atoms with E-state index < -0.39 is 12.1 Å². The Balaban J connectivity index is 2.01. The quantitative estimate of drug-likeness (QED) is 0.649. The summed E-state index contributed by atoms with van der Waals surface area (Å²) in [4.78, 5) is 17.0. The Morgan fingerprint density at radius 3 is 2.30 bits per heavy atom. The summed E-state index contributed by atoms with van der Waals surface area (Å²) in [6.45, 7) is 0. The molecule has 0 aliphatic carbocycles. The van der Waals surface area contributed by atoms with Crippen LogP contribution in [0.3, 0.4) is 0 Å². The van der Waals surface area contributed by atoms with E-state index in [9.17, 15) is 13.6 Å². The van der Waals surface area contributed by atoms with Crippen molar-refractivity contribution in [3.05, 3.63) is 22.2 Å². The SMILES string of the molecule is Nc1[nH]c(=O)ncc1CCCCCCCCCC(F)F. The van der Waals surface area contributed by atoms with Crippen LogP contribution in [0.4, 0.5) is 14.6 Å². The van der Waals surface area contributed by atoms with Crippen LogP contribution in [0, 0.1) is 0 Å². The van der Waals surface area contributed by atoms with Crippen molar-refractivity contribution in [1.82, 2.24) is 9.97 Å². The minimum Gasteiger partial charge on any atom is -0.385 e. The molecule has 1 aromatic heterocycles. The summed E-state index contributed by atoms with van der Waals surface area (Å²) in [5, 5.41) is 0. The molecule has 0 bridgehead atoms. The zero-order chi connectivity index (χ0) is 14.8. The van der Waals surface area contributed by atoms with E-state index in [1.165, 1.54) is 6.20 Å². The number of nitrogens with zero attached hydrogens (tertiary/aromatic N) is 1. The van der Waals surface area contributed by atoms with Crippen LogP contribution in [-0.2, 0) is 6.42 Å². The number of hydrogen-bond donors (Lipinski definition) is 2. The number of aromatic nitrogens is 2. The third kappa shape index (κ3) is 7.21. The molecule has 114 valence electrons. The van der Waals surface area contributed by atoms with Crippen molar-refractivity contribution in [3.63, 3.8) is 0 Å². The van der Waals surface area contributed by atoms with Crippen LogP contribution in [0.5, 0.6) is 0 Å². The number of aromatic amines is 1. The Hall–Kier alpha value is -1.46. The van der Waals surface area contributed by atoms with Crippen molar-refractivity contribution in [2.45, 2.75) is 64.2 Å². The van der Waals surface area contributed by atoms with Gasteiger partial charge in [-0.05, 0) is 19.3 Å². The second-order valence-electron chi connectivity index (χ2n) is 5.03. The molecule has 0 fully saturated rings. The number of nitrogen functional groups attached to an aromatic ring is 1. The average Bonchev–Trinajstić information content (AvgIpc) is 2.38. The lowest BCUT2D eigenvalue weighted by Gasteiger charge is -2.04. The van der Waals surface area contributed by atoms with Gasteiger partial charge in [0.05, 0.1) is 0 Å². The number of hydrogen-bond acceptors (Lipinski definition) is 3. The first-order chi connectivity index (χ1) is 9.59. The number of aryl methyl sites for hydroxylation is 1. The number of halogens is 2. The van der Waals surface area contributed by atoms with Crippen molar-refractivity contribution in [3.8, 4) is 0 Å². The summed E-state index contributed by atoms with van der Waals surface area (Å²) < 4.78 is 23.8. The first-order valence-corrected chi connectivity index (χ1v) is 7.21. The van der Waals surface area contributed by atoms with E-state index in [1.807, 2.05) is 0 Å². The lowest BCUT2D eigenvalue weighted by Crippen LogP contribution is -2.13. The van der Waals surface area contributed by atoms with Crippen LogP contribution in [0.1, 0.15) is 56.9 Å². The molecule has 0 aliphatic rings. The van der Waals surface area contributed by atoms with Gasteiger partial charge < -0.3 is 5.73 Å².